The summed E-state index contributed by atoms with van der Waals surface area (Å²) in [7, 11) is 0. The van der Waals surface area contributed by atoms with Gasteiger partial charge in [-0.2, -0.15) is 0 Å². The Hall–Kier alpha value is -3.35. The summed E-state index contributed by atoms with van der Waals surface area (Å²) < 4.78 is 11.3. The van der Waals surface area contributed by atoms with Crippen molar-refractivity contribution in [1.29, 1.82) is 0 Å². The van der Waals surface area contributed by atoms with Gasteiger partial charge in [0.1, 0.15) is 5.75 Å². The molecule has 43 heavy (non-hydrogen) atoms. The van der Waals surface area contributed by atoms with Crippen molar-refractivity contribution in [1.82, 2.24) is 10.6 Å². The van der Waals surface area contributed by atoms with Gasteiger partial charge >= 0.3 is 0 Å². The number of hydrogen-bond donors (Lipinski definition) is 2. The third kappa shape index (κ3) is 21.9. The van der Waals surface area contributed by atoms with Gasteiger partial charge in [0.05, 0.1) is 13.2 Å². The Morgan fingerprint density at radius 1 is 0.721 bits per heavy atom. The summed E-state index contributed by atoms with van der Waals surface area (Å²) in [5.74, 6) is 0.323. The topological polar surface area (TPSA) is 76.7 Å². The van der Waals surface area contributed by atoms with Crippen molar-refractivity contribution in [2.45, 2.75) is 77.7 Å². The maximum Gasteiger partial charge on any atom is 0.263 e. The quantitative estimate of drug-likeness (QED) is 0.0966. The van der Waals surface area contributed by atoms with E-state index in [1.165, 1.54) is 0 Å². The highest BCUT2D eigenvalue weighted by atomic mass is 35.5. The van der Waals surface area contributed by atoms with Crippen LogP contribution in [0.1, 0.15) is 72.1 Å². The van der Waals surface area contributed by atoms with E-state index in [-0.39, 0.29) is 11.8 Å². The largest absolute Gasteiger partial charge is 0.478 e. The van der Waals surface area contributed by atoms with E-state index in [9.17, 15) is 9.59 Å². The normalized spacial score (nSPS) is 12.6. The Morgan fingerprint density at radius 3 is 1.70 bits per heavy atom. The third-order valence-corrected chi connectivity index (χ3v) is 6.22. The number of halogens is 1. The van der Waals surface area contributed by atoms with Crippen molar-refractivity contribution in [3.63, 3.8) is 0 Å². The number of allylic oxidation sites excluding steroid dienone is 12. The SMILES string of the molecule is CC/C=C\C/C=C\C/C=C\C/C=C\C/C=C\C/C=C\CCC(=O)NCCOCCNC(=O)C(C)(C)Oc1ccc(Cl)cc1. The molecule has 0 unspecified atom stereocenters. The van der Waals surface area contributed by atoms with Crippen molar-refractivity contribution in [2.24, 2.45) is 0 Å². The van der Waals surface area contributed by atoms with Crippen molar-refractivity contribution >= 4 is 23.4 Å². The van der Waals surface area contributed by atoms with Crippen molar-refractivity contribution in [3.05, 3.63) is 102 Å². The first-order valence-electron chi connectivity index (χ1n) is 15.3. The second-order valence-electron chi connectivity index (χ2n) is 10.2. The molecule has 0 saturated carbocycles. The standard InChI is InChI=1S/C36H51ClN2O4/c1-4-5-6-7-8-9-10-11-12-13-14-15-16-17-18-19-20-21-22-23-34(40)38-28-30-42-31-29-39-35(41)36(2,3)43-33-26-24-32(37)25-27-33/h5-6,8-9,11-12,14-15,17-18,20-21,24-27H,4,7,10,13,16,19,22-23,28-31H2,1-3H3,(H,38,40)(H,39,41)/b6-5-,9-8-,12-11-,15-14-,18-17-,21-20-. The average Bonchev–Trinajstić information content (AvgIpc) is 2.98. The average molecular weight is 611 g/mol. The molecule has 2 amide bonds. The van der Waals surface area contributed by atoms with Gasteiger partial charge in [-0.25, -0.2) is 0 Å². The lowest BCUT2D eigenvalue weighted by Crippen LogP contribution is -2.47. The van der Waals surface area contributed by atoms with Gasteiger partial charge < -0.3 is 20.1 Å². The molecule has 0 radical (unpaired) electrons. The minimum atomic E-state index is -1.04. The van der Waals surface area contributed by atoms with E-state index in [1.54, 1.807) is 38.1 Å². The van der Waals surface area contributed by atoms with E-state index in [4.69, 9.17) is 21.1 Å². The van der Waals surface area contributed by atoms with Crippen LogP contribution in [-0.2, 0) is 14.3 Å². The molecule has 0 bridgehead atoms. The van der Waals surface area contributed by atoms with Crippen molar-refractivity contribution in [2.75, 3.05) is 26.3 Å². The van der Waals surface area contributed by atoms with Gasteiger partial charge in [0.2, 0.25) is 5.91 Å². The Balaban J connectivity index is 1.98. The first-order chi connectivity index (χ1) is 20.8. The van der Waals surface area contributed by atoms with Crippen LogP contribution in [-0.4, -0.2) is 43.7 Å². The predicted octanol–water partition coefficient (Wildman–Crippen LogP) is 8.22. The number of benzene rings is 1. The van der Waals surface area contributed by atoms with Gasteiger partial charge in [-0.15, -0.1) is 0 Å². The fourth-order valence-electron chi connectivity index (χ4n) is 3.60. The molecular weight excluding hydrogens is 560 g/mol. The third-order valence-electron chi connectivity index (χ3n) is 5.97. The monoisotopic (exact) mass is 610 g/mol. The summed E-state index contributed by atoms with van der Waals surface area (Å²) in [5.41, 5.74) is -1.04. The summed E-state index contributed by atoms with van der Waals surface area (Å²) in [5, 5.41) is 6.26. The Kier molecular flexibility index (Phi) is 22.1. The molecule has 2 N–H and O–H groups in total. The number of carbonyl (C=O) groups is 2. The lowest BCUT2D eigenvalue weighted by Gasteiger charge is -2.25. The van der Waals surface area contributed by atoms with Crippen LogP contribution >= 0.6 is 11.6 Å². The fraction of sp³-hybridized carbons (Fsp3) is 0.444. The highest BCUT2D eigenvalue weighted by Crippen LogP contribution is 2.21. The van der Waals surface area contributed by atoms with Gasteiger partial charge in [0, 0.05) is 24.5 Å². The van der Waals surface area contributed by atoms with Gasteiger partial charge in [-0.3, -0.25) is 9.59 Å². The maximum atomic E-state index is 12.4. The molecule has 0 spiro atoms. The van der Waals surface area contributed by atoms with Crippen LogP contribution in [0.4, 0.5) is 0 Å². The van der Waals surface area contributed by atoms with Gasteiger partial charge in [-0.1, -0.05) is 91.4 Å². The first kappa shape index (κ1) is 37.7. The van der Waals surface area contributed by atoms with Crippen LogP contribution in [0.25, 0.3) is 0 Å². The van der Waals surface area contributed by atoms with E-state index in [0.717, 1.165) is 38.5 Å². The Labute approximate surface area is 264 Å². The van der Waals surface area contributed by atoms with Crippen LogP contribution in [0, 0.1) is 0 Å². The highest BCUT2D eigenvalue weighted by molar-refractivity contribution is 6.30. The molecule has 1 rings (SSSR count). The van der Waals surface area contributed by atoms with Crippen molar-refractivity contribution in [3.8, 4) is 5.75 Å². The molecule has 0 aliphatic carbocycles. The van der Waals surface area contributed by atoms with E-state index >= 15 is 0 Å². The second-order valence-corrected chi connectivity index (χ2v) is 10.7. The zero-order valence-electron chi connectivity index (χ0n) is 26.2. The Morgan fingerprint density at radius 2 is 1.19 bits per heavy atom. The van der Waals surface area contributed by atoms with E-state index in [0.29, 0.717) is 49.9 Å². The maximum absolute atomic E-state index is 12.4. The zero-order valence-corrected chi connectivity index (χ0v) is 27.0. The van der Waals surface area contributed by atoms with Crippen LogP contribution in [0.2, 0.25) is 5.02 Å². The van der Waals surface area contributed by atoms with E-state index < -0.39 is 5.60 Å². The molecule has 0 heterocycles. The summed E-state index contributed by atoms with van der Waals surface area (Å²) in [6, 6.07) is 6.86. The number of hydrogen-bond acceptors (Lipinski definition) is 4. The molecule has 0 fully saturated rings. The molecule has 0 aliphatic rings. The molecule has 0 aliphatic heterocycles. The Bertz CT molecular complexity index is 1070. The molecule has 0 atom stereocenters. The smallest absolute Gasteiger partial charge is 0.263 e. The molecule has 1 aromatic carbocycles. The van der Waals surface area contributed by atoms with E-state index in [1.807, 2.05) is 6.08 Å². The number of carbonyl (C=O) groups excluding carboxylic acids is 2. The van der Waals surface area contributed by atoms with Crippen LogP contribution in [0.3, 0.4) is 0 Å². The minimum absolute atomic E-state index is 0.00229. The summed E-state index contributed by atoms with van der Waals surface area (Å²) in [6.07, 6.45) is 33.0. The number of ether oxygens (including phenoxy) is 2. The lowest BCUT2D eigenvalue weighted by molar-refractivity contribution is -0.134. The van der Waals surface area contributed by atoms with Crippen LogP contribution < -0.4 is 15.4 Å². The number of amides is 2. The van der Waals surface area contributed by atoms with E-state index in [2.05, 4.69) is 84.4 Å². The van der Waals surface area contributed by atoms with Crippen LogP contribution in [0.15, 0.2) is 97.2 Å². The fourth-order valence-corrected chi connectivity index (χ4v) is 3.73. The molecule has 0 aromatic heterocycles. The van der Waals surface area contributed by atoms with Crippen molar-refractivity contribution < 1.29 is 19.1 Å². The summed E-state index contributed by atoms with van der Waals surface area (Å²) >= 11 is 5.88. The highest BCUT2D eigenvalue weighted by Gasteiger charge is 2.29. The van der Waals surface area contributed by atoms with Gasteiger partial charge in [0.15, 0.2) is 5.60 Å². The van der Waals surface area contributed by atoms with Gasteiger partial charge in [-0.05, 0) is 83.1 Å². The molecule has 0 saturated heterocycles. The number of nitrogens with one attached hydrogen (secondary N) is 2. The minimum Gasteiger partial charge on any atom is -0.478 e. The number of rotatable bonds is 23. The second kappa shape index (κ2) is 25.2. The van der Waals surface area contributed by atoms with Gasteiger partial charge in [0.25, 0.3) is 5.91 Å². The summed E-state index contributed by atoms with van der Waals surface area (Å²) in [4.78, 5) is 24.4. The molecule has 6 nitrogen and oxygen atoms in total. The molecule has 1 aromatic rings. The first-order valence-corrected chi connectivity index (χ1v) is 15.7. The molecule has 236 valence electrons. The van der Waals surface area contributed by atoms with Crippen LogP contribution in [0.5, 0.6) is 5.75 Å². The molecular formula is C36H51ClN2O4. The molecule has 7 heteroatoms. The predicted molar refractivity (Wildman–Crippen MR) is 180 cm³/mol. The lowest BCUT2D eigenvalue weighted by atomic mass is 10.1. The zero-order chi connectivity index (χ0) is 31.4. The summed E-state index contributed by atoms with van der Waals surface area (Å²) in [6.45, 7) is 7.06.